The van der Waals surface area contributed by atoms with E-state index in [1.54, 1.807) is 12.1 Å². The molecule has 116 valence electrons. The molecule has 1 saturated heterocycles. The molecule has 0 radical (unpaired) electrons. The van der Waals surface area contributed by atoms with Crippen LogP contribution in [0.5, 0.6) is 5.75 Å². The number of nitrogens with one attached hydrogen (secondary N) is 2. The van der Waals surface area contributed by atoms with Crippen molar-refractivity contribution in [1.82, 2.24) is 10.6 Å². The Morgan fingerprint density at radius 2 is 2.24 bits per heavy atom. The number of hydrogen-bond acceptors (Lipinski definition) is 3. The molecule has 21 heavy (non-hydrogen) atoms. The van der Waals surface area contributed by atoms with E-state index < -0.39 is 6.61 Å². The monoisotopic (exact) mass is 298 g/mol. The Bertz CT molecular complexity index is 476. The van der Waals surface area contributed by atoms with Crippen LogP contribution in [0.3, 0.4) is 0 Å². The molecule has 2 N–H and O–H groups in total. The zero-order valence-electron chi connectivity index (χ0n) is 11.9. The molecule has 1 aliphatic rings. The van der Waals surface area contributed by atoms with Crippen LogP contribution >= 0.6 is 0 Å². The summed E-state index contributed by atoms with van der Waals surface area (Å²) in [6.07, 6.45) is 2.95. The topological polar surface area (TPSA) is 50.4 Å². The molecule has 2 rings (SSSR count). The van der Waals surface area contributed by atoms with Gasteiger partial charge in [0.1, 0.15) is 5.75 Å². The second-order valence-corrected chi connectivity index (χ2v) is 5.18. The van der Waals surface area contributed by atoms with Gasteiger partial charge in [0.15, 0.2) is 0 Å². The standard InChI is InChI=1S/C15H20F2N2O2/c1-10(19-14(20)13-7-2-3-8-18-13)11-5-4-6-12(9-11)21-15(16)17/h4-6,9-10,13,15,18H,2-3,7-8H2,1H3,(H,19,20). The lowest BCUT2D eigenvalue weighted by Gasteiger charge is -2.24. The van der Waals surface area contributed by atoms with E-state index >= 15 is 0 Å². The first-order valence-electron chi connectivity index (χ1n) is 7.15. The molecule has 6 heteroatoms. The molecule has 1 amide bonds. The van der Waals surface area contributed by atoms with Crippen LogP contribution in [0.15, 0.2) is 24.3 Å². The zero-order chi connectivity index (χ0) is 15.2. The Morgan fingerprint density at radius 1 is 1.43 bits per heavy atom. The number of benzene rings is 1. The van der Waals surface area contributed by atoms with E-state index in [1.807, 2.05) is 6.92 Å². The van der Waals surface area contributed by atoms with Gasteiger partial charge in [-0.1, -0.05) is 18.6 Å². The molecule has 0 aliphatic carbocycles. The highest BCUT2D eigenvalue weighted by Crippen LogP contribution is 2.21. The van der Waals surface area contributed by atoms with Crippen molar-refractivity contribution < 1.29 is 18.3 Å². The summed E-state index contributed by atoms with van der Waals surface area (Å²) >= 11 is 0. The first-order valence-corrected chi connectivity index (χ1v) is 7.15. The van der Waals surface area contributed by atoms with Crippen LogP contribution in [0, 0.1) is 0 Å². The van der Waals surface area contributed by atoms with Gasteiger partial charge in [0.25, 0.3) is 0 Å². The molecular weight excluding hydrogens is 278 g/mol. The normalized spacial score (nSPS) is 20.1. The number of rotatable bonds is 5. The largest absolute Gasteiger partial charge is 0.435 e. The lowest BCUT2D eigenvalue weighted by Crippen LogP contribution is -2.47. The summed E-state index contributed by atoms with van der Waals surface area (Å²) in [5.74, 6) is 0.0433. The van der Waals surface area contributed by atoms with E-state index in [0.29, 0.717) is 0 Å². The molecule has 1 aliphatic heterocycles. The fourth-order valence-corrected chi connectivity index (χ4v) is 2.43. The first-order chi connectivity index (χ1) is 10.1. The van der Waals surface area contributed by atoms with Gasteiger partial charge in [-0.3, -0.25) is 4.79 Å². The quantitative estimate of drug-likeness (QED) is 0.878. The molecule has 1 fully saturated rings. The fourth-order valence-electron chi connectivity index (χ4n) is 2.43. The summed E-state index contributed by atoms with van der Waals surface area (Å²) < 4.78 is 28.8. The van der Waals surface area contributed by atoms with Gasteiger partial charge in [0.2, 0.25) is 5.91 Å². The van der Waals surface area contributed by atoms with E-state index in [2.05, 4.69) is 15.4 Å². The lowest BCUT2D eigenvalue weighted by atomic mass is 10.0. The maximum absolute atomic E-state index is 12.2. The molecule has 0 spiro atoms. The third-order valence-corrected chi connectivity index (χ3v) is 3.57. The fraction of sp³-hybridized carbons (Fsp3) is 0.533. The van der Waals surface area contributed by atoms with E-state index in [0.717, 1.165) is 31.4 Å². The lowest BCUT2D eigenvalue weighted by molar-refractivity contribution is -0.124. The molecule has 2 atom stereocenters. The Kier molecular flexibility index (Phi) is 5.50. The SMILES string of the molecule is CC(NC(=O)C1CCCCN1)c1cccc(OC(F)F)c1. The third-order valence-electron chi connectivity index (χ3n) is 3.57. The van der Waals surface area contributed by atoms with Crippen LogP contribution in [0.4, 0.5) is 8.78 Å². The Morgan fingerprint density at radius 3 is 2.90 bits per heavy atom. The highest BCUT2D eigenvalue weighted by molar-refractivity contribution is 5.82. The highest BCUT2D eigenvalue weighted by atomic mass is 19.3. The Labute approximate surface area is 122 Å². The van der Waals surface area contributed by atoms with Gasteiger partial charge in [-0.2, -0.15) is 8.78 Å². The number of carbonyl (C=O) groups is 1. The molecule has 2 unspecified atom stereocenters. The van der Waals surface area contributed by atoms with Gasteiger partial charge in [0, 0.05) is 0 Å². The van der Waals surface area contributed by atoms with Gasteiger partial charge >= 0.3 is 6.61 Å². The van der Waals surface area contributed by atoms with E-state index in [-0.39, 0.29) is 23.7 Å². The van der Waals surface area contributed by atoms with Crippen LogP contribution < -0.4 is 15.4 Å². The van der Waals surface area contributed by atoms with Gasteiger partial charge in [0.05, 0.1) is 12.1 Å². The van der Waals surface area contributed by atoms with Crippen LogP contribution in [0.2, 0.25) is 0 Å². The van der Waals surface area contributed by atoms with Gasteiger partial charge < -0.3 is 15.4 Å². The summed E-state index contributed by atoms with van der Waals surface area (Å²) in [6, 6.07) is 5.97. The molecule has 4 nitrogen and oxygen atoms in total. The average molecular weight is 298 g/mol. The minimum Gasteiger partial charge on any atom is -0.435 e. The van der Waals surface area contributed by atoms with Crippen LogP contribution in [-0.4, -0.2) is 25.1 Å². The number of alkyl halides is 2. The summed E-state index contributed by atoms with van der Waals surface area (Å²) in [7, 11) is 0. The van der Waals surface area contributed by atoms with Crippen molar-refractivity contribution in [2.75, 3.05) is 6.54 Å². The predicted molar refractivity (Wildman–Crippen MR) is 75.3 cm³/mol. The second kappa shape index (κ2) is 7.36. The summed E-state index contributed by atoms with van der Waals surface area (Å²) in [5.41, 5.74) is 0.734. The number of amides is 1. The zero-order valence-corrected chi connectivity index (χ0v) is 11.9. The number of carbonyl (C=O) groups excluding carboxylic acids is 1. The highest BCUT2D eigenvalue weighted by Gasteiger charge is 2.22. The van der Waals surface area contributed by atoms with Crippen molar-refractivity contribution in [3.8, 4) is 5.75 Å². The van der Waals surface area contributed by atoms with Crippen molar-refractivity contribution in [2.45, 2.75) is 44.9 Å². The molecular formula is C15H20F2N2O2. The molecule has 1 aromatic rings. The minimum absolute atomic E-state index is 0.0534. The maximum Gasteiger partial charge on any atom is 0.387 e. The van der Waals surface area contributed by atoms with E-state index in [1.165, 1.54) is 12.1 Å². The van der Waals surface area contributed by atoms with Crippen LogP contribution in [0.25, 0.3) is 0 Å². The Balaban J connectivity index is 1.95. The average Bonchev–Trinajstić information content (AvgIpc) is 2.47. The van der Waals surface area contributed by atoms with Gasteiger partial charge in [-0.25, -0.2) is 0 Å². The molecule has 1 aromatic carbocycles. The van der Waals surface area contributed by atoms with E-state index in [4.69, 9.17) is 0 Å². The summed E-state index contributed by atoms with van der Waals surface area (Å²) in [6.45, 7) is -0.177. The van der Waals surface area contributed by atoms with Crippen molar-refractivity contribution >= 4 is 5.91 Å². The van der Waals surface area contributed by atoms with Crippen molar-refractivity contribution in [2.24, 2.45) is 0 Å². The summed E-state index contributed by atoms with van der Waals surface area (Å²) in [5, 5.41) is 6.08. The summed E-state index contributed by atoms with van der Waals surface area (Å²) in [4.78, 5) is 12.1. The molecule has 0 aromatic heterocycles. The Hall–Kier alpha value is -1.69. The molecule has 0 bridgehead atoms. The van der Waals surface area contributed by atoms with Crippen LogP contribution in [-0.2, 0) is 4.79 Å². The minimum atomic E-state index is -2.85. The number of piperidine rings is 1. The second-order valence-electron chi connectivity index (χ2n) is 5.18. The maximum atomic E-state index is 12.2. The molecule has 1 heterocycles. The van der Waals surface area contributed by atoms with Gasteiger partial charge in [-0.15, -0.1) is 0 Å². The smallest absolute Gasteiger partial charge is 0.387 e. The number of ether oxygens (including phenoxy) is 1. The van der Waals surface area contributed by atoms with Crippen molar-refractivity contribution in [3.63, 3.8) is 0 Å². The van der Waals surface area contributed by atoms with E-state index in [9.17, 15) is 13.6 Å². The van der Waals surface area contributed by atoms with Gasteiger partial charge in [-0.05, 0) is 44.0 Å². The third kappa shape index (κ3) is 4.67. The number of hydrogen-bond donors (Lipinski definition) is 2. The predicted octanol–water partition coefficient (Wildman–Crippen LogP) is 2.61. The first kappa shape index (κ1) is 15.7. The van der Waals surface area contributed by atoms with Crippen LogP contribution in [0.1, 0.15) is 37.8 Å². The molecule has 0 saturated carbocycles. The number of halogens is 2. The van der Waals surface area contributed by atoms with Crippen molar-refractivity contribution in [3.05, 3.63) is 29.8 Å². The van der Waals surface area contributed by atoms with Crippen molar-refractivity contribution in [1.29, 1.82) is 0 Å².